The van der Waals surface area contributed by atoms with E-state index in [1.165, 1.54) is 12.1 Å². The van der Waals surface area contributed by atoms with Gasteiger partial charge in [-0.1, -0.05) is 18.2 Å². The molecule has 0 atom stereocenters. The van der Waals surface area contributed by atoms with Crippen LogP contribution in [0.5, 0.6) is 5.75 Å². The summed E-state index contributed by atoms with van der Waals surface area (Å²) in [5.74, 6) is -0.246. The van der Waals surface area contributed by atoms with Crippen LogP contribution in [0.25, 0.3) is 0 Å². The van der Waals surface area contributed by atoms with Crippen LogP contribution in [0.4, 0.5) is 11.4 Å². The molecule has 2 N–H and O–H groups in total. The minimum Gasteiger partial charge on any atom is -0.494 e. The maximum Gasteiger partial charge on any atom is 0.274 e. The Morgan fingerprint density at radius 3 is 2.24 bits per heavy atom. The van der Waals surface area contributed by atoms with Crippen LogP contribution >= 0.6 is 0 Å². The van der Waals surface area contributed by atoms with Crippen molar-refractivity contribution in [1.82, 2.24) is 4.98 Å². The minimum atomic E-state index is -0.511. The van der Waals surface area contributed by atoms with Gasteiger partial charge in [0.05, 0.1) is 17.9 Å². The van der Waals surface area contributed by atoms with Crippen LogP contribution in [0.3, 0.4) is 0 Å². The highest BCUT2D eigenvalue weighted by atomic mass is 16.5. The molecule has 144 valence electrons. The first-order chi connectivity index (χ1) is 14.1. The zero-order valence-corrected chi connectivity index (χ0v) is 15.7. The first-order valence-corrected chi connectivity index (χ1v) is 8.92. The zero-order chi connectivity index (χ0) is 20.6. The number of ether oxygens (including phenoxy) is 1. The third-order valence-corrected chi connectivity index (χ3v) is 3.93. The van der Waals surface area contributed by atoms with Crippen molar-refractivity contribution in [3.8, 4) is 11.8 Å². The minimum absolute atomic E-state index is 0.0667. The molecule has 0 radical (unpaired) electrons. The van der Waals surface area contributed by atoms with Gasteiger partial charge in [-0.25, -0.2) is 4.98 Å². The third kappa shape index (κ3) is 4.96. The summed E-state index contributed by atoms with van der Waals surface area (Å²) in [6, 6.07) is 20.2. The summed E-state index contributed by atoms with van der Waals surface area (Å²) < 4.78 is 5.37. The number of hydrogen-bond donors (Lipinski definition) is 2. The van der Waals surface area contributed by atoms with Gasteiger partial charge >= 0.3 is 0 Å². The van der Waals surface area contributed by atoms with E-state index in [2.05, 4.69) is 15.6 Å². The number of carbonyl (C=O) groups is 2. The lowest BCUT2D eigenvalue weighted by Crippen LogP contribution is -2.18. The number of benzene rings is 2. The summed E-state index contributed by atoms with van der Waals surface area (Å²) in [5, 5.41) is 14.5. The molecule has 7 nitrogen and oxygen atoms in total. The van der Waals surface area contributed by atoms with Crippen LogP contribution in [0, 0.1) is 11.3 Å². The SMILES string of the molecule is CCOc1ccc(NC(=O)c2cccc(C(=O)Nc3ccccc3C#N)n2)cc1. The Labute approximate surface area is 168 Å². The molecule has 0 unspecified atom stereocenters. The first-order valence-electron chi connectivity index (χ1n) is 8.92. The van der Waals surface area contributed by atoms with Crippen molar-refractivity contribution >= 4 is 23.2 Å². The fourth-order valence-corrected chi connectivity index (χ4v) is 2.56. The van der Waals surface area contributed by atoms with Crippen molar-refractivity contribution in [1.29, 1.82) is 5.26 Å². The number of nitriles is 1. The molecule has 0 fully saturated rings. The average molecular weight is 386 g/mol. The van der Waals surface area contributed by atoms with E-state index in [9.17, 15) is 9.59 Å². The van der Waals surface area contributed by atoms with Gasteiger partial charge in [0.2, 0.25) is 0 Å². The molecule has 7 heteroatoms. The topological polar surface area (TPSA) is 104 Å². The monoisotopic (exact) mass is 386 g/mol. The first kappa shape index (κ1) is 19.6. The number of rotatable bonds is 6. The Kier molecular flexibility index (Phi) is 6.18. The van der Waals surface area contributed by atoms with Crippen molar-refractivity contribution < 1.29 is 14.3 Å². The van der Waals surface area contributed by atoms with Gasteiger partial charge in [-0.15, -0.1) is 0 Å². The Bertz CT molecular complexity index is 1070. The van der Waals surface area contributed by atoms with Crippen molar-refractivity contribution in [2.45, 2.75) is 6.92 Å². The van der Waals surface area contributed by atoms with E-state index >= 15 is 0 Å². The normalized spacial score (nSPS) is 9.93. The molecule has 1 aromatic heterocycles. The predicted octanol–water partition coefficient (Wildman–Crippen LogP) is 3.86. The Balaban J connectivity index is 1.72. The van der Waals surface area contributed by atoms with Crippen LogP contribution in [-0.4, -0.2) is 23.4 Å². The number of amides is 2. The van der Waals surface area contributed by atoms with Crippen LogP contribution in [0.2, 0.25) is 0 Å². The quantitative estimate of drug-likeness (QED) is 0.669. The van der Waals surface area contributed by atoms with Gasteiger partial charge in [-0.3, -0.25) is 9.59 Å². The van der Waals surface area contributed by atoms with Crippen molar-refractivity contribution in [3.05, 3.63) is 83.7 Å². The summed E-state index contributed by atoms with van der Waals surface area (Å²) in [7, 11) is 0. The highest BCUT2D eigenvalue weighted by Crippen LogP contribution is 2.17. The molecular formula is C22H18N4O3. The van der Waals surface area contributed by atoms with Crippen molar-refractivity contribution in [2.24, 2.45) is 0 Å². The van der Waals surface area contributed by atoms with E-state index in [-0.39, 0.29) is 11.4 Å². The van der Waals surface area contributed by atoms with E-state index in [1.54, 1.807) is 54.6 Å². The van der Waals surface area contributed by atoms with Gasteiger partial charge in [0, 0.05) is 5.69 Å². The maximum atomic E-state index is 12.5. The molecule has 1 heterocycles. The largest absolute Gasteiger partial charge is 0.494 e. The molecule has 0 bridgehead atoms. The lowest BCUT2D eigenvalue weighted by molar-refractivity contribution is 0.101. The highest BCUT2D eigenvalue weighted by molar-refractivity contribution is 6.06. The molecule has 2 amide bonds. The molecule has 0 saturated heterocycles. The van der Waals surface area contributed by atoms with Crippen LogP contribution in [-0.2, 0) is 0 Å². The van der Waals surface area contributed by atoms with Crippen molar-refractivity contribution in [3.63, 3.8) is 0 Å². The molecule has 0 aliphatic heterocycles. The molecule has 2 aromatic carbocycles. The van der Waals surface area contributed by atoms with Crippen LogP contribution < -0.4 is 15.4 Å². The average Bonchev–Trinajstić information content (AvgIpc) is 2.75. The second kappa shape index (κ2) is 9.15. The van der Waals surface area contributed by atoms with Crippen LogP contribution in [0.15, 0.2) is 66.7 Å². The Hall–Kier alpha value is -4.18. The summed E-state index contributed by atoms with van der Waals surface area (Å²) in [6.45, 7) is 2.45. The molecule has 0 aliphatic carbocycles. The summed E-state index contributed by atoms with van der Waals surface area (Å²) in [5.41, 5.74) is 1.46. The fraction of sp³-hybridized carbons (Fsp3) is 0.0909. The number of anilines is 2. The lowest BCUT2D eigenvalue weighted by Gasteiger charge is -2.09. The Morgan fingerprint density at radius 2 is 1.59 bits per heavy atom. The van der Waals surface area contributed by atoms with Gasteiger partial charge in [-0.05, 0) is 55.5 Å². The van der Waals surface area contributed by atoms with E-state index < -0.39 is 11.8 Å². The molecule has 0 spiro atoms. The molecule has 3 rings (SSSR count). The molecule has 0 aliphatic rings. The standard InChI is InChI=1S/C22H18N4O3/c1-2-29-17-12-10-16(11-13-17)24-21(27)19-8-5-9-20(25-19)22(28)26-18-7-4-3-6-15(18)14-23/h3-13H,2H2,1H3,(H,24,27)(H,26,28). The number of pyridine rings is 1. The fourth-order valence-electron chi connectivity index (χ4n) is 2.56. The molecule has 0 saturated carbocycles. The van der Waals surface area contributed by atoms with Gasteiger partial charge in [-0.2, -0.15) is 5.26 Å². The van der Waals surface area contributed by atoms with Crippen molar-refractivity contribution in [2.75, 3.05) is 17.2 Å². The maximum absolute atomic E-state index is 12.5. The van der Waals surface area contributed by atoms with Gasteiger partial charge < -0.3 is 15.4 Å². The van der Waals surface area contributed by atoms with E-state index in [1.807, 2.05) is 13.0 Å². The number of nitrogens with one attached hydrogen (secondary N) is 2. The number of para-hydroxylation sites is 1. The number of hydrogen-bond acceptors (Lipinski definition) is 5. The van der Waals surface area contributed by atoms with E-state index in [4.69, 9.17) is 10.00 Å². The lowest BCUT2D eigenvalue weighted by atomic mass is 10.2. The summed E-state index contributed by atoms with van der Waals surface area (Å²) in [4.78, 5) is 29.1. The highest BCUT2D eigenvalue weighted by Gasteiger charge is 2.14. The number of carbonyl (C=O) groups excluding carboxylic acids is 2. The predicted molar refractivity (Wildman–Crippen MR) is 109 cm³/mol. The van der Waals surface area contributed by atoms with Gasteiger partial charge in [0.1, 0.15) is 23.2 Å². The van der Waals surface area contributed by atoms with Gasteiger partial charge in [0.15, 0.2) is 0 Å². The molecule has 29 heavy (non-hydrogen) atoms. The van der Waals surface area contributed by atoms with Crippen LogP contribution in [0.1, 0.15) is 33.5 Å². The smallest absolute Gasteiger partial charge is 0.274 e. The Morgan fingerprint density at radius 1 is 0.931 bits per heavy atom. The summed E-state index contributed by atoms with van der Waals surface area (Å²) >= 11 is 0. The number of aromatic nitrogens is 1. The molecular weight excluding hydrogens is 368 g/mol. The molecule has 3 aromatic rings. The number of nitrogens with zero attached hydrogens (tertiary/aromatic N) is 2. The second-order valence-corrected chi connectivity index (χ2v) is 5.93. The van der Waals surface area contributed by atoms with Gasteiger partial charge in [0.25, 0.3) is 11.8 Å². The zero-order valence-electron chi connectivity index (χ0n) is 15.7. The third-order valence-electron chi connectivity index (χ3n) is 3.93. The van der Waals surface area contributed by atoms with E-state index in [0.29, 0.717) is 29.3 Å². The second-order valence-electron chi connectivity index (χ2n) is 5.93. The summed E-state index contributed by atoms with van der Waals surface area (Å²) in [6.07, 6.45) is 0. The van der Waals surface area contributed by atoms with E-state index in [0.717, 1.165) is 0 Å².